The fourth-order valence-corrected chi connectivity index (χ4v) is 0.544. The lowest BCUT2D eigenvalue weighted by atomic mass is 10.2. The summed E-state index contributed by atoms with van der Waals surface area (Å²) in [5, 5.41) is 2.31. The molecule has 1 amide bonds. The molecule has 12 heavy (non-hydrogen) atoms. The van der Waals surface area contributed by atoms with Crippen molar-refractivity contribution in [1.29, 1.82) is 0 Å². The summed E-state index contributed by atoms with van der Waals surface area (Å²) < 4.78 is 4.86. The number of ether oxygens (including phenoxy) is 1. The van der Waals surface area contributed by atoms with Crippen LogP contribution in [0.2, 0.25) is 0 Å². The molecule has 0 saturated heterocycles. The first kappa shape index (κ1) is 10.9. The molecule has 0 bridgehead atoms. The first-order valence-electron chi connectivity index (χ1n) is 3.94. The third-order valence-electron chi connectivity index (χ3n) is 1.23. The van der Waals surface area contributed by atoms with Crippen LogP contribution in [0.5, 0.6) is 0 Å². The number of esters is 1. The molecule has 0 spiro atoms. The van der Waals surface area contributed by atoms with E-state index < -0.39 is 12.0 Å². The molecule has 0 saturated carbocycles. The Morgan fingerprint density at radius 3 is 2.50 bits per heavy atom. The normalized spacial score (nSPS) is 12.3. The molecule has 0 aromatic carbocycles. The van der Waals surface area contributed by atoms with E-state index in [0.717, 1.165) is 0 Å². The van der Waals surface area contributed by atoms with Crippen LogP contribution in [-0.4, -0.2) is 25.0 Å². The molecule has 0 radical (unpaired) electrons. The molecule has 0 heterocycles. The first-order valence-corrected chi connectivity index (χ1v) is 3.94. The van der Waals surface area contributed by atoms with Crippen LogP contribution in [0.4, 0.5) is 0 Å². The van der Waals surface area contributed by atoms with Gasteiger partial charge in [0, 0.05) is 0 Å². The first-order chi connectivity index (χ1) is 5.57. The Morgan fingerprint density at radius 2 is 2.08 bits per heavy atom. The molecule has 70 valence electrons. The highest BCUT2D eigenvalue weighted by molar-refractivity contribution is 5.77. The van der Waals surface area contributed by atoms with E-state index in [1.807, 2.05) is 13.8 Å². The predicted octanol–water partition coefficient (Wildman–Crippen LogP) is 0.320. The van der Waals surface area contributed by atoms with E-state index in [0.29, 0.717) is 18.9 Å². The minimum absolute atomic E-state index is 0.317. The second-order valence-electron chi connectivity index (χ2n) is 3.03. The third kappa shape index (κ3) is 4.71. The minimum atomic E-state index is -0.554. The second kappa shape index (κ2) is 5.57. The van der Waals surface area contributed by atoms with Crippen LogP contribution < -0.4 is 5.32 Å². The average Bonchev–Trinajstić information content (AvgIpc) is 2.00. The van der Waals surface area contributed by atoms with Gasteiger partial charge in [0.25, 0.3) is 0 Å². The van der Waals surface area contributed by atoms with Gasteiger partial charge < -0.3 is 10.1 Å². The highest BCUT2D eigenvalue weighted by Crippen LogP contribution is 1.94. The second-order valence-corrected chi connectivity index (χ2v) is 3.03. The van der Waals surface area contributed by atoms with Crippen molar-refractivity contribution in [2.75, 3.05) is 6.61 Å². The highest BCUT2D eigenvalue weighted by Gasteiger charge is 2.12. The summed E-state index contributed by atoms with van der Waals surface area (Å²) >= 11 is 0. The Bertz CT molecular complexity index is 156. The Balaban J connectivity index is 3.63. The largest absolute Gasteiger partial charge is 0.464 e. The van der Waals surface area contributed by atoms with Crippen LogP contribution in [0.1, 0.15) is 20.8 Å². The van der Waals surface area contributed by atoms with Crippen molar-refractivity contribution in [1.82, 2.24) is 5.32 Å². The molecule has 1 atom stereocenters. The Labute approximate surface area is 72.3 Å². The fraction of sp³-hybridized carbons (Fsp3) is 0.750. The Kier molecular flexibility index (Phi) is 5.08. The molecule has 4 nitrogen and oxygen atoms in total. The van der Waals surface area contributed by atoms with Gasteiger partial charge in [0.1, 0.15) is 6.04 Å². The van der Waals surface area contributed by atoms with E-state index in [9.17, 15) is 9.59 Å². The number of hydrogen-bond acceptors (Lipinski definition) is 3. The van der Waals surface area contributed by atoms with E-state index >= 15 is 0 Å². The SMILES string of the molecule is CC(C)COC(=O)[C@H](C)NC=O. The fourth-order valence-electron chi connectivity index (χ4n) is 0.544. The zero-order valence-electron chi connectivity index (χ0n) is 7.66. The molecule has 0 fully saturated rings. The van der Waals surface area contributed by atoms with E-state index in [2.05, 4.69) is 5.32 Å². The van der Waals surface area contributed by atoms with Gasteiger partial charge in [-0.2, -0.15) is 0 Å². The van der Waals surface area contributed by atoms with Crippen molar-refractivity contribution in [2.24, 2.45) is 5.92 Å². The molecular weight excluding hydrogens is 158 g/mol. The zero-order chi connectivity index (χ0) is 9.56. The summed E-state index contributed by atoms with van der Waals surface area (Å²) in [5.41, 5.74) is 0. The standard InChI is InChI=1S/C8H15NO3/c1-6(2)4-12-8(11)7(3)9-5-10/h5-7H,4H2,1-3H3,(H,9,10)/t7-/m0/s1. The van der Waals surface area contributed by atoms with Crippen molar-refractivity contribution in [3.63, 3.8) is 0 Å². The maximum Gasteiger partial charge on any atom is 0.328 e. The van der Waals surface area contributed by atoms with Gasteiger partial charge in [0.2, 0.25) is 6.41 Å². The maximum absolute atomic E-state index is 11.0. The van der Waals surface area contributed by atoms with Crippen LogP contribution in [0.15, 0.2) is 0 Å². The third-order valence-corrected chi connectivity index (χ3v) is 1.23. The summed E-state index contributed by atoms with van der Waals surface area (Å²) in [6, 6.07) is -0.554. The molecule has 0 unspecified atom stereocenters. The van der Waals surface area contributed by atoms with Crippen LogP contribution in [-0.2, 0) is 14.3 Å². The monoisotopic (exact) mass is 173 g/mol. The van der Waals surface area contributed by atoms with Gasteiger partial charge in [-0.05, 0) is 12.8 Å². The maximum atomic E-state index is 11.0. The summed E-state index contributed by atoms with van der Waals surface area (Å²) in [6.07, 6.45) is 0.487. The molecular formula is C8H15NO3. The zero-order valence-corrected chi connectivity index (χ0v) is 7.66. The number of carbonyl (C=O) groups excluding carboxylic acids is 2. The van der Waals surface area contributed by atoms with Crippen molar-refractivity contribution in [3.8, 4) is 0 Å². The number of carbonyl (C=O) groups is 2. The van der Waals surface area contributed by atoms with Crippen LogP contribution >= 0.6 is 0 Å². The quantitative estimate of drug-likeness (QED) is 0.481. The van der Waals surface area contributed by atoms with Gasteiger partial charge in [-0.3, -0.25) is 4.79 Å². The summed E-state index contributed by atoms with van der Waals surface area (Å²) in [4.78, 5) is 20.9. The number of amides is 1. The van der Waals surface area contributed by atoms with E-state index in [-0.39, 0.29) is 0 Å². The predicted molar refractivity (Wildman–Crippen MR) is 44.5 cm³/mol. The molecule has 0 aliphatic rings. The summed E-state index contributed by atoms with van der Waals surface area (Å²) in [6.45, 7) is 5.87. The molecule has 0 aromatic rings. The van der Waals surface area contributed by atoms with Crippen molar-refractivity contribution < 1.29 is 14.3 Å². The summed E-state index contributed by atoms with van der Waals surface area (Å²) in [7, 11) is 0. The van der Waals surface area contributed by atoms with Crippen molar-refractivity contribution >= 4 is 12.4 Å². The topological polar surface area (TPSA) is 55.4 Å². The molecule has 1 N–H and O–H groups in total. The van der Waals surface area contributed by atoms with Gasteiger partial charge in [0.05, 0.1) is 6.61 Å². The number of hydrogen-bond donors (Lipinski definition) is 1. The van der Waals surface area contributed by atoms with E-state index in [1.54, 1.807) is 6.92 Å². The molecule has 0 rings (SSSR count). The Hall–Kier alpha value is -1.06. The van der Waals surface area contributed by atoms with Gasteiger partial charge in [-0.15, -0.1) is 0 Å². The smallest absolute Gasteiger partial charge is 0.328 e. The minimum Gasteiger partial charge on any atom is -0.464 e. The lowest BCUT2D eigenvalue weighted by molar-refractivity contribution is -0.147. The molecule has 4 heteroatoms. The molecule has 0 aliphatic carbocycles. The van der Waals surface area contributed by atoms with Crippen LogP contribution in [0.25, 0.3) is 0 Å². The van der Waals surface area contributed by atoms with E-state index in [4.69, 9.17) is 4.74 Å². The van der Waals surface area contributed by atoms with Gasteiger partial charge >= 0.3 is 5.97 Å². The lowest BCUT2D eigenvalue weighted by Crippen LogP contribution is -2.34. The van der Waals surface area contributed by atoms with Crippen molar-refractivity contribution in [3.05, 3.63) is 0 Å². The Morgan fingerprint density at radius 1 is 1.50 bits per heavy atom. The van der Waals surface area contributed by atoms with Gasteiger partial charge in [-0.25, -0.2) is 4.79 Å². The van der Waals surface area contributed by atoms with Crippen LogP contribution in [0.3, 0.4) is 0 Å². The average molecular weight is 173 g/mol. The summed E-state index contributed by atoms with van der Waals surface area (Å²) in [5.74, 6) is -0.0758. The van der Waals surface area contributed by atoms with E-state index in [1.165, 1.54) is 0 Å². The van der Waals surface area contributed by atoms with Gasteiger partial charge in [-0.1, -0.05) is 13.8 Å². The van der Waals surface area contributed by atoms with Crippen LogP contribution in [0, 0.1) is 5.92 Å². The number of rotatable bonds is 5. The highest BCUT2D eigenvalue weighted by atomic mass is 16.5. The molecule has 0 aromatic heterocycles. The molecule has 0 aliphatic heterocycles. The lowest BCUT2D eigenvalue weighted by Gasteiger charge is -2.11. The number of nitrogens with one attached hydrogen (secondary N) is 1. The van der Waals surface area contributed by atoms with Crippen molar-refractivity contribution in [2.45, 2.75) is 26.8 Å². The van der Waals surface area contributed by atoms with Gasteiger partial charge in [0.15, 0.2) is 0 Å².